The zero-order valence-corrected chi connectivity index (χ0v) is 18.7. The van der Waals surface area contributed by atoms with Crippen LogP contribution in [0.5, 0.6) is 0 Å². The van der Waals surface area contributed by atoms with Crippen molar-refractivity contribution in [3.05, 3.63) is 76.5 Å². The van der Waals surface area contributed by atoms with Crippen LogP contribution in [0.2, 0.25) is 0 Å². The van der Waals surface area contributed by atoms with Gasteiger partial charge in [0.05, 0.1) is 6.04 Å². The Morgan fingerprint density at radius 3 is 2.48 bits per heavy atom. The van der Waals surface area contributed by atoms with Gasteiger partial charge in [-0.3, -0.25) is 4.90 Å². The third kappa shape index (κ3) is 2.93. The van der Waals surface area contributed by atoms with Crippen LogP contribution in [-0.2, 0) is 11.2 Å². The quantitative estimate of drug-likeness (QED) is 0.495. The van der Waals surface area contributed by atoms with Gasteiger partial charge in [0.15, 0.2) is 0 Å². The second-order valence-corrected chi connectivity index (χ2v) is 10.6. The van der Waals surface area contributed by atoms with Gasteiger partial charge in [0.2, 0.25) is 0 Å². The maximum Gasteiger partial charge on any atom is 0.328 e. The number of aromatic nitrogens is 1. The molecule has 0 radical (unpaired) electrons. The van der Waals surface area contributed by atoms with E-state index in [-0.39, 0.29) is 22.7 Å². The minimum atomic E-state index is -1.16. The molecule has 3 aromatic rings. The molecule has 3 saturated carbocycles. The van der Waals surface area contributed by atoms with E-state index >= 15 is 8.78 Å². The van der Waals surface area contributed by atoms with Crippen LogP contribution in [0.3, 0.4) is 0 Å². The van der Waals surface area contributed by atoms with Crippen molar-refractivity contribution in [3.8, 4) is 0 Å². The zero-order chi connectivity index (χ0) is 23.1. The number of H-pyrrole nitrogens is 1. The number of benzene rings is 2. The van der Waals surface area contributed by atoms with Crippen molar-refractivity contribution in [1.82, 2.24) is 9.88 Å². The number of hydrogen-bond donors (Lipinski definition) is 2. The van der Waals surface area contributed by atoms with Crippen molar-refractivity contribution in [2.24, 2.45) is 5.41 Å². The fourth-order valence-electron chi connectivity index (χ4n) is 7.12. The second-order valence-electron chi connectivity index (χ2n) is 10.6. The largest absolute Gasteiger partial charge is 0.478 e. The number of aliphatic carboxylic acids is 1. The normalized spacial score (nSPS) is 30.8. The minimum absolute atomic E-state index is 0.0193. The lowest BCUT2D eigenvalue weighted by Gasteiger charge is -2.75. The average Bonchev–Trinajstić information content (AvgIpc) is 3.07. The fourth-order valence-corrected chi connectivity index (χ4v) is 7.12. The summed E-state index contributed by atoms with van der Waals surface area (Å²) in [6, 6.07) is 10.1. The van der Waals surface area contributed by atoms with Crippen LogP contribution in [0.25, 0.3) is 17.0 Å². The van der Waals surface area contributed by atoms with Crippen LogP contribution in [0.15, 0.2) is 42.5 Å². The Labute approximate surface area is 190 Å². The van der Waals surface area contributed by atoms with Gasteiger partial charge in [-0.2, -0.15) is 0 Å². The van der Waals surface area contributed by atoms with Gasteiger partial charge in [-0.15, -0.1) is 0 Å². The van der Waals surface area contributed by atoms with E-state index in [4.69, 9.17) is 5.11 Å². The Morgan fingerprint density at radius 2 is 1.85 bits per heavy atom. The van der Waals surface area contributed by atoms with E-state index in [0.29, 0.717) is 5.41 Å². The topological polar surface area (TPSA) is 56.3 Å². The van der Waals surface area contributed by atoms with Gasteiger partial charge in [0.25, 0.3) is 0 Å². The molecular weight excluding hydrogens is 422 g/mol. The minimum Gasteiger partial charge on any atom is -0.478 e. The summed E-state index contributed by atoms with van der Waals surface area (Å²) >= 11 is 0. The molecule has 2 heterocycles. The highest BCUT2D eigenvalue weighted by Crippen LogP contribution is 2.72. The Hall–Kier alpha value is -2.99. The summed E-state index contributed by atoms with van der Waals surface area (Å²) in [5.41, 5.74) is 3.55. The second kappa shape index (κ2) is 6.76. The highest BCUT2D eigenvalue weighted by atomic mass is 19.1. The van der Waals surface area contributed by atoms with Crippen LogP contribution in [0, 0.1) is 17.0 Å². The maximum atomic E-state index is 15.6. The highest BCUT2D eigenvalue weighted by Gasteiger charge is 2.69. The number of carbonyl (C=O) groups is 1. The van der Waals surface area contributed by atoms with E-state index in [0.717, 1.165) is 53.9 Å². The molecule has 0 amide bonds. The molecule has 33 heavy (non-hydrogen) atoms. The van der Waals surface area contributed by atoms with Crippen molar-refractivity contribution in [2.45, 2.75) is 57.2 Å². The van der Waals surface area contributed by atoms with Gasteiger partial charge < -0.3 is 10.1 Å². The number of nitrogens with one attached hydrogen (secondary N) is 1. The number of aromatic amines is 1. The molecule has 1 aliphatic heterocycles. The first-order valence-electron chi connectivity index (χ1n) is 11.5. The van der Waals surface area contributed by atoms with Gasteiger partial charge in [-0.1, -0.05) is 25.1 Å². The standard InChI is InChI=1S/C27H26F2N2O2/c1-15-9-18-17-5-3-4-6-21(17)30-24(18)25(31(15)27-12-26(2,13-27)14-27)23-19(28)10-16(11-20(23)29)7-8-22(32)33/h3-8,10-11,15,25,30H,9,12-14H2,1-2H3,(H,32,33)/b8-7+. The number of rotatable bonds is 4. The molecule has 1 aromatic heterocycles. The lowest BCUT2D eigenvalue weighted by molar-refractivity contribution is -0.232. The Balaban J connectivity index is 1.54. The zero-order valence-electron chi connectivity index (χ0n) is 18.7. The predicted octanol–water partition coefficient (Wildman–Crippen LogP) is 5.82. The van der Waals surface area contributed by atoms with Crippen molar-refractivity contribution >= 4 is 22.9 Å². The van der Waals surface area contributed by atoms with Crippen LogP contribution < -0.4 is 0 Å². The number of carboxylic acid groups (broad SMARTS) is 1. The van der Waals surface area contributed by atoms with E-state index in [9.17, 15) is 4.79 Å². The van der Waals surface area contributed by atoms with Gasteiger partial charge in [0, 0.05) is 39.8 Å². The Kier molecular flexibility index (Phi) is 4.22. The van der Waals surface area contributed by atoms with Crippen molar-refractivity contribution < 1.29 is 18.7 Å². The lowest BCUT2D eigenvalue weighted by Crippen LogP contribution is -2.76. The summed E-state index contributed by atoms with van der Waals surface area (Å²) in [6.45, 7) is 4.46. The van der Waals surface area contributed by atoms with Crippen LogP contribution in [-0.4, -0.2) is 32.5 Å². The average molecular weight is 449 g/mol. The predicted molar refractivity (Wildman–Crippen MR) is 123 cm³/mol. The Bertz CT molecular complexity index is 1300. The number of para-hydroxylation sites is 1. The summed E-state index contributed by atoms with van der Waals surface area (Å²) in [6.07, 6.45) is 6.10. The Morgan fingerprint density at radius 1 is 1.18 bits per heavy atom. The molecule has 4 aliphatic rings. The number of hydrogen-bond acceptors (Lipinski definition) is 2. The van der Waals surface area contributed by atoms with E-state index in [2.05, 4.69) is 29.8 Å². The summed E-state index contributed by atoms with van der Waals surface area (Å²) in [5, 5.41) is 9.98. The van der Waals surface area contributed by atoms with E-state index in [1.165, 1.54) is 18.2 Å². The molecule has 2 aromatic carbocycles. The first kappa shape index (κ1) is 20.6. The monoisotopic (exact) mass is 448 g/mol. The molecule has 2 N–H and O–H groups in total. The molecule has 2 atom stereocenters. The smallest absolute Gasteiger partial charge is 0.328 e. The molecule has 2 unspecified atom stereocenters. The van der Waals surface area contributed by atoms with Crippen molar-refractivity contribution in [2.75, 3.05) is 0 Å². The number of nitrogens with zero attached hydrogens (tertiary/aromatic N) is 1. The molecule has 2 bridgehead atoms. The lowest BCUT2D eigenvalue weighted by atomic mass is 9.39. The molecule has 7 rings (SSSR count). The summed E-state index contributed by atoms with van der Waals surface area (Å²) in [5.74, 6) is -2.45. The fraction of sp³-hybridized carbons (Fsp3) is 0.370. The van der Waals surface area contributed by atoms with Crippen molar-refractivity contribution in [3.63, 3.8) is 0 Å². The van der Waals surface area contributed by atoms with Crippen LogP contribution in [0.1, 0.15) is 61.5 Å². The highest BCUT2D eigenvalue weighted by molar-refractivity contribution is 5.86. The van der Waals surface area contributed by atoms with Gasteiger partial charge in [-0.25, -0.2) is 13.6 Å². The van der Waals surface area contributed by atoms with Crippen molar-refractivity contribution in [1.29, 1.82) is 0 Å². The summed E-state index contributed by atoms with van der Waals surface area (Å²) in [4.78, 5) is 16.7. The number of fused-ring (bicyclic) bond motifs is 3. The summed E-state index contributed by atoms with van der Waals surface area (Å²) < 4.78 is 31.2. The van der Waals surface area contributed by atoms with Crippen LogP contribution in [0.4, 0.5) is 8.78 Å². The third-order valence-electron chi connectivity index (χ3n) is 7.98. The maximum absolute atomic E-state index is 15.6. The molecular formula is C27H26F2N2O2. The first-order chi connectivity index (χ1) is 15.7. The molecule has 3 aliphatic carbocycles. The molecule has 170 valence electrons. The van der Waals surface area contributed by atoms with Gasteiger partial charge in [-0.05, 0) is 73.4 Å². The molecule has 0 saturated heterocycles. The number of carboxylic acids is 1. The number of halogens is 2. The van der Waals surface area contributed by atoms with E-state index in [1.807, 2.05) is 18.2 Å². The van der Waals surface area contributed by atoms with E-state index in [1.54, 1.807) is 0 Å². The summed E-state index contributed by atoms with van der Waals surface area (Å²) in [7, 11) is 0. The molecule has 6 heteroatoms. The van der Waals surface area contributed by atoms with E-state index < -0.39 is 23.6 Å². The van der Waals surface area contributed by atoms with Gasteiger partial charge >= 0.3 is 5.97 Å². The SMILES string of the molecule is CC1Cc2c([nH]c3ccccc23)C(c2c(F)cc(/C=C/C(=O)O)cc2F)N1C12CC(C)(C1)C2. The third-order valence-corrected chi connectivity index (χ3v) is 7.98. The van der Waals surface area contributed by atoms with Crippen LogP contribution >= 0.6 is 0 Å². The molecule has 0 spiro atoms. The molecule has 4 nitrogen and oxygen atoms in total. The first-order valence-corrected chi connectivity index (χ1v) is 11.5. The molecule has 3 fully saturated rings. The van der Waals surface area contributed by atoms with Gasteiger partial charge in [0.1, 0.15) is 11.6 Å².